The Balaban J connectivity index is 2.11. The Morgan fingerprint density at radius 2 is 2.18 bits per heavy atom. The Morgan fingerprint density at radius 1 is 1.41 bits per heavy atom. The van der Waals surface area contributed by atoms with E-state index in [4.69, 9.17) is 16.6 Å². The summed E-state index contributed by atoms with van der Waals surface area (Å²) < 4.78 is 0. The first kappa shape index (κ1) is 12.8. The number of thioether (sulfide) groups is 1. The van der Waals surface area contributed by atoms with Crippen molar-refractivity contribution in [2.45, 2.75) is 26.3 Å². The molecule has 1 aromatic carbocycles. The van der Waals surface area contributed by atoms with E-state index in [1.54, 1.807) is 11.8 Å². The molecule has 92 valence electrons. The molecule has 0 bridgehead atoms. The van der Waals surface area contributed by atoms with Gasteiger partial charge in [0.15, 0.2) is 5.17 Å². The van der Waals surface area contributed by atoms with Gasteiger partial charge < -0.3 is 5.32 Å². The fourth-order valence-electron chi connectivity index (χ4n) is 1.76. The van der Waals surface area contributed by atoms with Gasteiger partial charge in [-0.1, -0.05) is 49.3 Å². The highest BCUT2D eigenvalue weighted by Gasteiger charge is 2.18. The number of halogens is 1. The lowest BCUT2D eigenvalue weighted by atomic mass is 10.0. The molecular formula is C13H17ClN2S. The third-order valence-corrected chi connectivity index (χ3v) is 4.07. The zero-order valence-corrected chi connectivity index (χ0v) is 11.7. The quantitative estimate of drug-likeness (QED) is 0.866. The Kier molecular flexibility index (Phi) is 4.35. The zero-order valence-electron chi connectivity index (χ0n) is 10.1. The molecular weight excluding hydrogens is 252 g/mol. The molecule has 1 N–H and O–H groups in total. The average molecular weight is 269 g/mol. The van der Waals surface area contributed by atoms with Crippen LogP contribution in [0.2, 0.25) is 5.02 Å². The highest BCUT2D eigenvalue weighted by molar-refractivity contribution is 8.14. The van der Waals surface area contributed by atoms with Gasteiger partial charge in [-0.05, 0) is 24.5 Å². The number of hydrogen-bond acceptors (Lipinski definition) is 3. The second-order valence-corrected chi connectivity index (χ2v) is 5.98. The molecule has 0 amide bonds. The first-order valence-electron chi connectivity index (χ1n) is 5.89. The minimum atomic E-state index is 0.432. The van der Waals surface area contributed by atoms with Crippen molar-refractivity contribution in [3.05, 3.63) is 29.3 Å². The van der Waals surface area contributed by atoms with E-state index in [0.29, 0.717) is 12.0 Å². The highest BCUT2D eigenvalue weighted by Crippen LogP contribution is 2.26. The molecule has 1 atom stereocenters. The number of aliphatic imine (C=N–C) groups is 1. The molecule has 0 spiro atoms. The molecule has 0 radical (unpaired) electrons. The predicted octanol–water partition coefficient (Wildman–Crippen LogP) is 4.27. The van der Waals surface area contributed by atoms with E-state index >= 15 is 0 Å². The molecule has 1 heterocycles. The van der Waals surface area contributed by atoms with Crippen molar-refractivity contribution < 1.29 is 0 Å². The second-order valence-electron chi connectivity index (χ2n) is 4.49. The van der Waals surface area contributed by atoms with Crippen molar-refractivity contribution in [3.63, 3.8) is 0 Å². The van der Waals surface area contributed by atoms with E-state index in [1.807, 2.05) is 24.3 Å². The second kappa shape index (κ2) is 5.78. The van der Waals surface area contributed by atoms with Crippen LogP contribution in [0.4, 0.5) is 5.69 Å². The van der Waals surface area contributed by atoms with E-state index in [-0.39, 0.29) is 0 Å². The summed E-state index contributed by atoms with van der Waals surface area (Å²) in [6.45, 7) is 4.44. The molecule has 17 heavy (non-hydrogen) atoms. The lowest BCUT2D eigenvalue weighted by molar-refractivity contribution is 0.485. The molecule has 1 unspecified atom stereocenters. The molecule has 2 nitrogen and oxygen atoms in total. The summed E-state index contributed by atoms with van der Waals surface area (Å²) in [6, 6.07) is 8.20. The summed E-state index contributed by atoms with van der Waals surface area (Å²) in [5.41, 5.74) is 0.935. The van der Waals surface area contributed by atoms with Crippen LogP contribution in [0.25, 0.3) is 0 Å². The zero-order chi connectivity index (χ0) is 12.3. The minimum absolute atomic E-state index is 0.432. The largest absolute Gasteiger partial charge is 0.334 e. The molecule has 1 aromatic rings. The van der Waals surface area contributed by atoms with Gasteiger partial charge in [-0.25, -0.2) is 0 Å². The normalized spacial score (nSPS) is 20.2. The van der Waals surface area contributed by atoms with Gasteiger partial charge in [-0.15, -0.1) is 0 Å². The number of para-hydroxylation sites is 1. The third kappa shape index (κ3) is 3.39. The van der Waals surface area contributed by atoms with Crippen molar-refractivity contribution in [1.82, 2.24) is 0 Å². The fraction of sp³-hybridized carbons (Fsp3) is 0.462. The van der Waals surface area contributed by atoms with Crippen LogP contribution >= 0.6 is 23.4 Å². The Hall–Kier alpha value is -0.670. The Bertz CT molecular complexity index is 418. The van der Waals surface area contributed by atoms with Crippen LogP contribution < -0.4 is 5.32 Å². The summed E-state index contributed by atoms with van der Waals surface area (Å²) in [7, 11) is 0. The number of anilines is 1. The molecule has 1 aliphatic heterocycles. The first-order valence-corrected chi connectivity index (χ1v) is 7.25. The molecule has 0 aromatic heterocycles. The topological polar surface area (TPSA) is 24.4 Å². The summed E-state index contributed by atoms with van der Waals surface area (Å²) >= 11 is 7.88. The van der Waals surface area contributed by atoms with Gasteiger partial charge in [-0.2, -0.15) is 0 Å². The number of benzene rings is 1. The van der Waals surface area contributed by atoms with Crippen LogP contribution in [-0.2, 0) is 0 Å². The van der Waals surface area contributed by atoms with Crippen LogP contribution in [0.5, 0.6) is 0 Å². The number of amidine groups is 1. The standard InChI is InChI=1S/C13H17ClN2S/c1-9(2)11-7-8-17-13(15-11)16-12-6-4-3-5-10(12)14/h3-6,9,11H,7-8H2,1-2H3,(H,15,16). The highest BCUT2D eigenvalue weighted by atomic mass is 35.5. The van der Waals surface area contributed by atoms with E-state index in [0.717, 1.165) is 28.1 Å². The van der Waals surface area contributed by atoms with E-state index in [9.17, 15) is 0 Å². The van der Waals surface area contributed by atoms with E-state index in [1.165, 1.54) is 0 Å². The minimum Gasteiger partial charge on any atom is -0.334 e. The number of nitrogens with zero attached hydrogens (tertiary/aromatic N) is 1. The van der Waals surface area contributed by atoms with Gasteiger partial charge in [0.1, 0.15) is 0 Å². The van der Waals surface area contributed by atoms with Gasteiger partial charge in [0.05, 0.1) is 16.8 Å². The number of nitrogens with one attached hydrogen (secondary N) is 1. The van der Waals surface area contributed by atoms with Crippen LogP contribution in [0.3, 0.4) is 0 Å². The number of hydrogen-bond donors (Lipinski definition) is 1. The first-order chi connectivity index (χ1) is 8.16. The molecule has 0 saturated heterocycles. The monoisotopic (exact) mass is 268 g/mol. The number of rotatable bonds is 2. The van der Waals surface area contributed by atoms with Crippen molar-refractivity contribution in [1.29, 1.82) is 0 Å². The molecule has 0 fully saturated rings. The summed E-state index contributed by atoms with van der Waals surface area (Å²) in [4.78, 5) is 4.73. The molecule has 4 heteroatoms. The SMILES string of the molecule is CC(C)C1CCSC(Nc2ccccc2Cl)=N1. The maximum atomic E-state index is 6.12. The van der Waals surface area contributed by atoms with Crippen LogP contribution in [0.1, 0.15) is 20.3 Å². The average Bonchev–Trinajstić information content (AvgIpc) is 2.32. The smallest absolute Gasteiger partial charge is 0.161 e. The van der Waals surface area contributed by atoms with Gasteiger partial charge >= 0.3 is 0 Å². The lowest BCUT2D eigenvalue weighted by Crippen LogP contribution is -2.23. The van der Waals surface area contributed by atoms with Crippen LogP contribution in [0.15, 0.2) is 29.3 Å². The summed E-state index contributed by atoms with van der Waals surface area (Å²) in [6.07, 6.45) is 1.16. The van der Waals surface area contributed by atoms with Crippen molar-refractivity contribution in [2.24, 2.45) is 10.9 Å². The molecule has 1 aliphatic rings. The lowest BCUT2D eigenvalue weighted by Gasteiger charge is -2.23. The Morgan fingerprint density at radius 3 is 2.88 bits per heavy atom. The van der Waals surface area contributed by atoms with Crippen LogP contribution in [0, 0.1) is 5.92 Å². The maximum absolute atomic E-state index is 6.12. The molecule has 0 saturated carbocycles. The van der Waals surface area contributed by atoms with Crippen molar-refractivity contribution in [3.8, 4) is 0 Å². The maximum Gasteiger partial charge on any atom is 0.161 e. The molecule has 2 rings (SSSR count). The predicted molar refractivity (Wildman–Crippen MR) is 78.2 cm³/mol. The van der Waals surface area contributed by atoms with Gasteiger partial charge in [0.2, 0.25) is 0 Å². The van der Waals surface area contributed by atoms with Gasteiger partial charge in [0, 0.05) is 5.75 Å². The van der Waals surface area contributed by atoms with Crippen molar-refractivity contribution in [2.75, 3.05) is 11.1 Å². The Labute approximate surface area is 112 Å². The van der Waals surface area contributed by atoms with E-state index in [2.05, 4.69) is 19.2 Å². The van der Waals surface area contributed by atoms with Crippen LogP contribution in [-0.4, -0.2) is 17.0 Å². The van der Waals surface area contributed by atoms with E-state index < -0.39 is 0 Å². The fourth-order valence-corrected chi connectivity index (χ4v) is 2.89. The summed E-state index contributed by atoms with van der Waals surface area (Å²) in [5.74, 6) is 1.72. The van der Waals surface area contributed by atoms with Crippen molar-refractivity contribution >= 4 is 34.2 Å². The van der Waals surface area contributed by atoms with Gasteiger partial charge in [-0.3, -0.25) is 4.99 Å². The molecule has 0 aliphatic carbocycles. The summed E-state index contributed by atoms with van der Waals surface area (Å²) in [5, 5.41) is 5.04. The third-order valence-electron chi connectivity index (χ3n) is 2.82. The van der Waals surface area contributed by atoms with Gasteiger partial charge in [0.25, 0.3) is 0 Å².